The summed E-state index contributed by atoms with van der Waals surface area (Å²) in [7, 11) is 1.55. The van der Waals surface area contributed by atoms with E-state index in [9.17, 15) is 14.4 Å². The van der Waals surface area contributed by atoms with Crippen LogP contribution in [0.1, 0.15) is 33.1 Å². The van der Waals surface area contributed by atoms with Crippen LogP contribution in [0.5, 0.6) is 0 Å². The minimum atomic E-state index is -0.918. The van der Waals surface area contributed by atoms with Gasteiger partial charge in [-0.1, -0.05) is 20.3 Å². The number of amides is 2. The van der Waals surface area contributed by atoms with Crippen LogP contribution in [-0.4, -0.2) is 47.9 Å². The number of carbonyl (C=O) groups is 3. The van der Waals surface area contributed by atoms with Gasteiger partial charge in [-0.15, -0.1) is 0 Å². The lowest BCUT2D eigenvalue weighted by molar-refractivity contribution is -0.149. The number of hydrogen-bond acceptors (Lipinski definition) is 3. The highest BCUT2D eigenvalue weighted by Gasteiger charge is 2.39. The van der Waals surface area contributed by atoms with Crippen LogP contribution in [0.2, 0.25) is 0 Å². The maximum atomic E-state index is 12.2. The number of hydrogen-bond donors (Lipinski definition) is 2. The van der Waals surface area contributed by atoms with Gasteiger partial charge in [0.05, 0.1) is 18.4 Å². The molecule has 6 nitrogen and oxygen atoms in total. The molecule has 114 valence electrons. The Balaban J connectivity index is 2.50. The van der Waals surface area contributed by atoms with E-state index < -0.39 is 17.8 Å². The van der Waals surface area contributed by atoms with Gasteiger partial charge in [-0.2, -0.15) is 0 Å². The van der Waals surface area contributed by atoms with Crippen LogP contribution in [0, 0.1) is 17.8 Å². The molecule has 0 spiro atoms. The van der Waals surface area contributed by atoms with Gasteiger partial charge in [0.1, 0.15) is 0 Å². The quantitative estimate of drug-likeness (QED) is 0.752. The zero-order chi connectivity index (χ0) is 15.3. The average molecular weight is 284 g/mol. The van der Waals surface area contributed by atoms with Gasteiger partial charge in [-0.25, -0.2) is 0 Å². The van der Waals surface area contributed by atoms with Crippen molar-refractivity contribution in [3.8, 4) is 0 Å². The molecule has 0 aromatic heterocycles. The second-order valence-electron chi connectivity index (χ2n) is 5.87. The van der Waals surface area contributed by atoms with E-state index in [0.29, 0.717) is 25.3 Å². The van der Waals surface area contributed by atoms with Gasteiger partial charge in [-0.05, 0) is 18.8 Å². The molecule has 1 fully saturated rings. The van der Waals surface area contributed by atoms with E-state index in [1.165, 1.54) is 4.90 Å². The number of carboxylic acid groups (broad SMARTS) is 1. The molecule has 1 rings (SSSR count). The summed E-state index contributed by atoms with van der Waals surface area (Å²) >= 11 is 0. The zero-order valence-corrected chi connectivity index (χ0v) is 12.4. The molecule has 1 aliphatic carbocycles. The first kappa shape index (κ1) is 16.5. The normalized spacial score (nSPS) is 21.8. The Morgan fingerprint density at radius 3 is 2.40 bits per heavy atom. The maximum Gasteiger partial charge on any atom is 0.307 e. The molecule has 0 bridgehead atoms. The standard InChI is InChI=1S/C14H24N2O4/c1-9(2)7-15-12(17)8-16(3)13(18)10-5-4-6-11(10)14(19)20/h9-11H,4-8H2,1-3H3,(H,15,17)(H,19,20)/t10-,11+/m1/s1. The van der Waals surface area contributed by atoms with Gasteiger partial charge >= 0.3 is 5.97 Å². The first-order valence-corrected chi connectivity index (χ1v) is 7.07. The van der Waals surface area contributed by atoms with E-state index in [-0.39, 0.29) is 18.4 Å². The van der Waals surface area contributed by atoms with Crippen LogP contribution in [0.4, 0.5) is 0 Å². The van der Waals surface area contributed by atoms with Crippen molar-refractivity contribution in [3.63, 3.8) is 0 Å². The van der Waals surface area contributed by atoms with E-state index in [4.69, 9.17) is 5.11 Å². The molecule has 20 heavy (non-hydrogen) atoms. The topological polar surface area (TPSA) is 86.7 Å². The largest absolute Gasteiger partial charge is 0.481 e. The first-order chi connectivity index (χ1) is 9.32. The van der Waals surface area contributed by atoms with Crippen molar-refractivity contribution in [1.82, 2.24) is 10.2 Å². The van der Waals surface area contributed by atoms with Crippen LogP contribution < -0.4 is 5.32 Å². The Morgan fingerprint density at radius 2 is 1.85 bits per heavy atom. The molecule has 2 amide bonds. The summed E-state index contributed by atoms with van der Waals surface area (Å²) in [5.74, 6) is -2.11. The van der Waals surface area contributed by atoms with E-state index in [1.54, 1.807) is 7.05 Å². The minimum Gasteiger partial charge on any atom is -0.481 e. The number of aliphatic carboxylic acids is 1. The molecule has 0 radical (unpaired) electrons. The van der Waals surface area contributed by atoms with Gasteiger partial charge in [0.15, 0.2) is 0 Å². The predicted molar refractivity (Wildman–Crippen MR) is 74.0 cm³/mol. The second kappa shape index (κ2) is 7.26. The molecular weight excluding hydrogens is 260 g/mol. The first-order valence-electron chi connectivity index (χ1n) is 7.07. The summed E-state index contributed by atoms with van der Waals surface area (Å²) in [4.78, 5) is 36.3. The monoisotopic (exact) mass is 284 g/mol. The van der Waals surface area contributed by atoms with Crippen LogP contribution in [0.25, 0.3) is 0 Å². The maximum absolute atomic E-state index is 12.2. The molecule has 6 heteroatoms. The van der Waals surface area contributed by atoms with Gasteiger partial charge in [-0.3, -0.25) is 14.4 Å². The van der Waals surface area contributed by atoms with Gasteiger partial charge in [0.25, 0.3) is 0 Å². The van der Waals surface area contributed by atoms with Gasteiger partial charge in [0, 0.05) is 13.6 Å². The molecule has 0 saturated heterocycles. The summed E-state index contributed by atoms with van der Waals surface area (Å²) in [5.41, 5.74) is 0. The molecule has 0 aromatic carbocycles. The highest BCUT2D eigenvalue weighted by molar-refractivity contribution is 5.88. The summed E-state index contributed by atoms with van der Waals surface area (Å²) in [6, 6.07) is 0. The molecule has 0 aliphatic heterocycles. The highest BCUT2D eigenvalue weighted by Crippen LogP contribution is 2.33. The Morgan fingerprint density at radius 1 is 1.25 bits per heavy atom. The SMILES string of the molecule is CC(C)CNC(=O)CN(C)C(=O)[C@@H]1CCC[C@@H]1C(=O)O. The van der Waals surface area contributed by atoms with Crippen LogP contribution in [0.3, 0.4) is 0 Å². The Hall–Kier alpha value is -1.59. The van der Waals surface area contributed by atoms with Crippen molar-refractivity contribution in [1.29, 1.82) is 0 Å². The highest BCUT2D eigenvalue weighted by atomic mass is 16.4. The van der Waals surface area contributed by atoms with Crippen molar-refractivity contribution < 1.29 is 19.5 Å². The van der Waals surface area contributed by atoms with Crippen LogP contribution in [-0.2, 0) is 14.4 Å². The third-order valence-electron chi connectivity index (χ3n) is 3.61. The molecule has 2 N–H and O–H groups in total. The molecular formula is C14H24N2O4. The van der Waals surface area contributed by atoms with Crippen molar-refractivity contribution in [2.24, 2.45) is 17.8 Å². The smallest absolute Gasteiger partial charge is 0.307 e. The second-order valence-corrected chi connectivity index (χ2v) is 5.87. The molecule has 1 saturated carbocycles. The lowest BCUT2D eigenvalue weighted by Crippen LogP contribution is -2.43. The molecule has 2 atom stereocenters. The fourth-order valence-electron chi connectivity index (χ4n) is 2.50. The number of nitrogens with one attached hydrogen (secondary N) is 1. The molecule has 0 aromatic rings. The third kappa shape index (κ3) is 4.51. The fraction of sp³-hybridized carbons (Fsp3) is 0.786. The molecule has 0 unspecified atom stereocenters. The Bertz CT molecular complexity index is 381. The van der Waals surface area contributed by atoms with Crippen molar-refractivity contribution in [2.75, 3.05) is 20.1 Å². The van der Waals surface area contributed by atoms with E-state index in [1.807, 2.05) is 13.8 Å². The Kier molecular flexibility index (Phi) is 5.98. The lowest BCUT2D eigenvalue weighted by Gasteiger charge is -2.23. The van der Waals surface area contributed by atoms with Crippen LogP contribution >= 0.6 is 0 Å². The molecule has 1 aliphatic rings. The van der Waals surface area contributed by atoms with Crippen molar-refractivity contribution >= 4 is 17.8 Å². The van der Waals surface area contributed by atoms with E-state index >= 15 is 0 Å². The van der Waals surface area contributed by atoms with Crippen molar-refractivity contribution in [2.45, 2.75) is 33.1 Å². The minimum absolute atomic E-state index is 0.0195. The summed E-state index contributed by atoms with van der Waals surface area (Å²) in [6.07, 6.45) is 1.88. The number of likely N-dealkylation sites (N-methyl/N-ethyl adjacent to an activating group) is 1. The third-order valence-corrected chi connectivity index (χ3v) is 3.61. The summed E-state index contributed by atoms with van der Waals surface area (Å²) < 4.78 is 0. The van der Waals surface area contributed by atoms with Crippen molar-refractivity contribution in [3.05, 3.63) is 0 Å². The number of carbonyl (C=O) groups excluding carboxylic acids is 2. The fourth-order valence-corrected chi connectivity index (χ4v) is 2.50. The summed E-state index contributed by atoms with van der Waals surface area (Å²) in [6.45, 7) is 4.53. The lowest BCUT2D eigenvalue weighted by atomic mass is 9.95. The van der Waals surface area contributed by atoms with E-state index in [2.05, 4.69) is 5.32 Å². The average Bonchev–Trinajstić information content (AvgIpc) is 2.84. The van der Waals surface area contributed by atoms with Gasteiger partial charge in [0.2, 0.25) is 11.8 Å². The molecule has 0 heterocycles. The number of carboxylic acids is 1. The number of nitrogens with zero attached hydrogens (tertiary/aromatic N) is 1. The summed E-state index contributed by atoms with van der Waals surface area (Å²) in [5, 5.41) is 11.8. The predicted octanol–water partition coefficient (Wildman–Crippen LogP) is 0.718. The van der Waals surface area contributed by atoms with Crippen LogP contribution in [0.15, 0.2) is 0 Å². The number of rotatable bonds is 6. The van der Waals surface area contributed by atoms with Gasteiger partial charge < -0.3 is 15.3 Å². The zero-order valence-electron chi connectivity index (χ0n) is 12.4. The van der Waals surface area contributed by atoms with E-state index in [0.717, 1.165) is 6.42 Å². The Labute approximate surface area is 119 Å².